The number of nitrogens with one attached hydrogen (secondary N) is 2. The maximum Gasteiger partial charge on any atom is 0.234 e. The number of amides is 1. The van der Waals surface area contributed by atoms with Crippen LogP contribution in [0.1, 0.15) is 18.5 Å². The number of carbonyl (C=O) groups is 1. The van der Waals surface area contributed by atoms with Gasteiger partial charge in [0.25, 0.3) is 0 Å². The molecule has 1 aromatic rings. The molecule has 3 nitrogen and oxygen atoms in total. The van der Waals surface area contributed by atoms with Gasteiger partial charge in [-0.3, -0.25) is 4.79 Å². The monoisotopic (exact) mass is 226 g/mol. The van der Waals surface area contributed by atoms with Crippen LogP contribution < -0.4 is 10.6 Å². The molecule has 0 aliphatic heterocycles. The van der Waals surface area contributed by atoms with Crippen molar-refractivity contribution in [3.63, 3.8) is 0 Å². The Bertz CT molecular complexity index is 341. The van der Waals surface area contributed by atoms with Crippen molar-refractivity contribution < 1.29 is 4.79 Å². The Morgan fingerprint density at radius 3 is 2.73 bits per heavy atom. The fourth-order valence-corrected chi connectivity index (χ4v) is 1.66. The van der Waals surface area contributed by atoms with Crippen LogP contribution in [-0.2, 0) is 4.79 Å². The maximum atomic E-state index is 11.3. The molecule has 0 radical (unpaired) electrons. The standard InChI is InChI=1S/C11H15ClN2O/c1-8(14-11(15)7-13-2)9-5-3-4-6-10(9)12/h3-6,8,13H,7H2,1-2H3,(H,14,15). The summed E-state index contributed by atoms with van der Waals surface area (Å²) in [4.78, 5) is 11.3. The summed E-state index contributed by atoms with van der Waals surface area (Å²) in [6.45, 7) is 2.23. The summed E-state index contributed by atoms with van der Waals surface area (Å²) in [6.07, 6.45) is 0. The van der Waals surface area contributed by atoms with Gasteiger partial charge < -0.3 is 10.6 Å². The SMILES string of the molecule is CNCC(=O)NC(C)c1ccccc1Cl. The highest BCUT2D eigenvalue weighted by atomic mass is 35.5. The predicted octanol–water partition coefficient (Wildman–Crippen LogP) is 1.74. The number of halogens is 1. The molecule has 1 atom stereocenters. The van der Waals surface area contributed by atoms with Crippen LogP contribution in [0.25, 0.3) is 0 Å². The van der Waals surface area contributed by atoms with Crippen molar-refractivity contribution in [1.82, 2.24) is 10.6 Å². The minimum atomic E-state index is -0.0699. The molecule has 0 heterocycles. The average Bonchev–Trinajstić information content (AvgIpc) is 2.18. The van der Waals surface area contributed by atoms with Crippen molar-refractivity contribution in [3.8, 4) is 0 Å². The Labute approximate surface area is 94.8 Å². The van der Waals surface area contributed by atoms with Gasteiger partial charge in [-0.2, -0.15) is 0 Å². The summed E-state index contributed by atoms with van der Waals surface area (Å²) in [5.41, 5.74) is 0.934. The van der Waals surface area contributed by atoms with Gasteiger partial charge >= 0.3 is 0 Å². The topological polar surface area (TPSA) is 41.1 Å². The van der Waals surface area contributed by atoms with Crippen LogP contribution in [0.3, 0.4) is 0 Å². The van der Waals surface area contributed by atoms with E-state index in [1.807, 2.05) is 31.2 Å². The number of likely N-dealkylation sites (N-methyl/N-ethyl adjacent to an activating group) is 1. The van der Waals surface area contributed by atoms with E-state index in [4.69, 9.17) is 11.6 Å². The molecule has 82 valence electrons. The van der Waals surface area contributed by atoms with E-state index in [1.54, 1.807) is 7.05 Å². The van der Waals surface area contributed by atoms with E-state index in [0.717, 1.165) is 5.56 Å². The van der Waals surface area contributed by atoms with Gasteiger partial charge in [-0.05, 0) is 25.6 Å². The van der Waals surface area contributed by atoms with Crippen molar-refractivity contribution >= 4 is 17.5 Å². The van der Waals surface area contributed by atoms with Crippen LogP contribution in [0.5, 0.6) is 0 Å². The molecule has 0 saturated heterocycles. The van der Waals surface area contributed by atoms with Crippen molar-refractivity contribution in [2.45, 2.75) is 13.0 Å². The molecule has 1 rings (SSSR count). The van der Waals surface area contributed by atoms with Gasteiger partial charge in [0.1, 0.15) is 0 Å². The maximum absolute atomic E-state index is 11.3. The predicted molar refractivity (Wildman–Crippen MR) is 61.9 cm³/mol. The first-order chi connectivity index (χ1) is 7.15. The Hall–Kier alpha value is -1.06. The molecule has 0 aliphatic carbocycles. The summed E-state index contributed by atoms with van der Waals surface area (Å²) in [5.74, 6) is -0.0371. The molecule has 2 N–H and O–H groups in total. The number of hydrogen-bond donors (Lipinski definition) is 2. The normalized spacial score (nSPS) is 12.2. The molecular formula is C11H15ClN2O. The molecule has 0 saturated carbocycles. The summed E-state index contributed by atoms with van der Waals surface area (Å²) in [7, 11) is 1.74. The molecule has 0 spiro atoms. The molecule has 4 heteroatoms. The first-order valence-electron chi connectivity index (χ1n) is 4.83. The fourth-order valence-electron chi connectivity index (χ4n) is 1.36. The third kappa shape index (κ3) is 3.53. The second-order valence-electron chi connectivity index (χ2n) is 3.34. The average molecular weight is 227 g/mol. The van der Waals surface area contributed by atoms with E-state index < -0.39 is 0 Å². The van der Waals surface area contributed by atoms with Crippen molar-refractivity contribution in [1.29, 1.82) is 0 Å². The van der Waals surface area contributed by atoms with E-state index >= 15 is 0 Å². The Balaban J connectivity index is 2.65. The third-order valence-corrected chi connectivity index (χ3v) is 2.43. The molecular weight excluding hydrogens is 212 g/mol. The minimum absolute atomic E-state index is 0.0371. The zero-order valence-electron chi connectivity index (χ0n) is 8.88. The molecule has 15 heavy (non-hydrogen) atoms. The fraction of sp³-hybridized carbons (Fsp3) is 0.364. The number of carbonyl (C=O) groups excluding carboxylic acids is 1. The van der Waals surface area contributed by atoms with Crippen LogP contribution in [0.2, 0.25) is 5.02 Å². The van der Waals surface area contributed by atoms with Gasteiger partial charge in [0.15, 0.2) is 0 Å². The Kier molecular flexibility index (Phi) is 4.59. The van der Waals surface area contributed by atoms with Crippen molar-refractivity contribution in [3.05, 3.63) is 34.9 Å². The first kappa shape index (κ1) is 12.0. The van der Waals surface area contributed by atoms with Gasteiger partial charge in [-0.25, -0.2) is 0 Å². The molecule has 1 amide bonds. The highest BCUT2D eigenvalue weighted by molar-refractivity contribution is 6.31. The smallest absolute Gasteiger partial charge is 0.234 e. The van der Waals surface area contributed by atoms with Gasteiger partial charge in [0.05, 0.1) is 12.6 Å². The number of hydrogen-bond acceptors (Lipinski definition) is 2. The third-order valence-electron chi connectivity index (χ3n) is 2.09. The highest BCUT2D eigenvalue weighted by Gasteiger charge is 2.10. The van der Waals surface area contributed by atoms with Crippen molar-refractivity contribution in [2.24, 2.45) is 0 Å². The van der Waals surface area contributed by atoms with E-state index in [9.17, 15) is 4.79 Å². The van der Waals surface area contributed by atoms with Crippen molar-refractivity contribution in [2.75, 3.05) is 13.6 Å². The van der Waals surface area contributed by atoms with Gasteiger partial charge in [0, 0.05) is 5.02 Å². The lowest BCUT2D eigenvalue weighted by Crippen LogP contribution is -2.34. The van der Waals surface area contributed by atoms with E-state index in [-0.39, 0.29) is 11.9 Å². The molecule has 1 aromatic carbocycles. The van der Waals surface area contributed by atoms with E-state index in [0.29, 0.717) is 11.6 Å². The largest absolute Gasteiger partial charge is 0.348 e. The van der Waals surface area contributed by atoms with Gasteiger partial charge in [0.2, 0.25) is 5.91 Å². The lowest BCUT2D eigenvalue weighted by atomic mass is 10.1. The molecule has 0 fully saturated rings. The van der Waals surface area contributed by atoms with Gasteiger partial charge in [-0.1, -0.05) is 29.8 Å². The zero-order valence-corrected chi connectivity index (χ0v) is 9.64. The molecule has 1 unspecified atom stereocenters. The highest BCUT2D eigenvalue weighted by Crippen LogP contribution is 2.21. The molecule has 0 aromatic heterocycles. The first-order valence-corrected chi connectivity index (χ1v) is 5.21. The summed E-state index contributed by atoms with van der Waals surface area (Å²) in [6, 6.07) is 7.43. The number of rotatable bonds is 4. The summed E-state index contributed by atoms with van der Waals surface area (Å²) in [5, 5.41) is 6.32. The van der Waals surface area contributed by atoms with Crippen LogP contribution in [0.15, 0.2) is 24.3 Å². The number of benzene rings is 1. The van der Waals surface area contributed by atoms with Crippen LogP contribution in [0, 0.1) is 0 Å². The molecule has 0 aliphatic rings. The van der Waals surface area contributed by atoms with Crippen LogP contribution >= 0.6 is 11.6 Å². The quantitative estimate of drug-likeness (QED) is 0.821. The summed E-state index contributed by atoms with van der Waals surface area (Å²) >= 11 is 6.01. The lowest BCUT2D eigenvalue weighted by Gasteiger charge is -2.15. The Morgan fingerprint density at radius 1 is 1.47 bits per heavy atom. The zero-order chi connectivity index (χ0) is 11.3. The lowest BCUT2D eigenvalue weighted by molar-refractivity contribution is -0.120. The minimum Gasteiger partial charge on any atom is -0.348 e. The van der Waals surface area contributed by atoms with Crippen LogP contribution in [0.4, 0.5) is 0 Å². The summed E-state index contributed by atoms with van der Waals surface area (Å²) < 4.78 is 0. The van der Waals surface area contributed by atoms with E-state index in [1.165, 1.54) is 0 Å². The van der Waals surface area contributed by atoms with E-state index in [2.05, 4.69) is 10.6 Å². The second kappa shape index (κ2) is 5.73. The molecule has 0 bridgehead atoms. The van der Waals surface area contributed by atoms with Crippen LogP contribution in [-0.4, -0.2) is 19.5 Å². The van der Waals surface area contributed by atoms with Gasteiger partial charge in [-0.15, -0.1) is 0 Å². The Morgan fingerprint density at radius 2 is 2.13 bits per heavy atom. The second-order valence-corrected chi connectivity index (χ2v) is 3.75.